The molecule has 1 saturated carbocycles. The number of ether oxygens (including phenoxy) is 1. The second-order valence-corrected chi connectivity index (χ2v) is 4.42. The van der Waals surface area contributed by atoms with Crippen molar-refractivity contribution >= 4 is 11.7 Å². The van der Waals surface area contributed by atoms with E-state index < -0.39 is 0 Å². The first-order chi connectivity index (χ1) is 7.61. The average molecular weight is 222 g/mol. The number of aromatic nitrogens is 1. The zero-order chi connectivity index (χ0) is 11.7. The number of anilines is 1. The van der Waals surface area contributed by atoms with Crippen molar-refractivity contribution in [1.29, 1.82) is 0 Å². The van der Waals surface area contributed by atoms with E-state index in [1.807, 2.05) is 24.6 Å². The zero-order valence-electron chi connectivity index (χ0n) is 9.77. The van der Waals surface area contributed by atoms with Gasteiger partial charge in [-0.25, -0.2) is 4.79 Å². The van der Waals surface area contributed by atoms with Gasteiger partial charge in [-0.05, 0) is 32.3 Å². The minimum absolute atomic E-state index is 0.0451. The molecule has 0 amide bonds. The fraction of sp³-hybridized carbons (Fsp3) is 0.583. The molecule has 4 heteroatoms. The fourth-order valence-corrected chi connectivity index (χ4v) is 1.65. The predicted molar refractivity (Wildman–Crippen MR) is 62.3 cm³/mol. The van der Waals surface area contributed by atoms with E-state index in [2.05, 4.69) is 0 Å². The van der Waals surface area contributed by atoms with Crippen LogP contribution in [0.1, 0.15) is 49.6 Å². The Kier molecular flexibility index (Phi) is 2.90. The molecule has 4 nitrogen and oxygen atoms in total. The number of carbonyl (C=O) groups is 1. The van der Waals surface area contributed by atoms with Crippen LogP contribution in [-0.4, -0.2) is 16.6 Å². The Morgan fingerprint density at radius 2 is 2.38 bits per heavy atom. The molecule has 16 heavy (non-hydrogen) atoms. The first-order valence-electron chi connectivity index (χ1n) is 5.80. The molecular formula is C12H18N2O2. The number of hydrogen-bond donors (Lipinski definition) is 1. The van der Waals surface area contributed by atoms with Crippen molar-refractivity contribution in [3.8, 4) is 0 Å². The molecule has 1 unspecified atom stereocenters. The van der Waals surface area contributed by atoms with Crippen LogP contribution in [0.15, 0.2) is 12.3 Å². The van der Waals surface area contributed by atoms with Gasteiger partial charge in [0.2, 0.25) is 0 Å². The lowest BCUT2D eigenvalue weighted by molar-refractivity contribution is 0.0321. The third-order valence-corrected chi connectivity index (χ3v) is 2.90. The van der Waals surface area contributed by atoms with Crippen LogP contribution in [-0.2, 0) is 4.74 Å². The molecule has 0 bridgehead atoms. The van der Waals surface area contributed by atoms with Crippen molar-refractivity contribution in [3.05, 3.63) is 18.0 Å². The smallest absolute Gasteiger partial charge is 0.355 e. The summed E-state index contributed by atoms with van der Waals surface area (Å²) in [5.41, 5.74) is 6.93. The maximum Gasteiger partial charge on any atom is 0.355 e. The van der Waals surface area contributed by atoms with Gasteiger partial charge in [-0.3, -0.25) is 0 Å². The molecule has 2 rings (SSSR count). The third-order valence-electron chi connectivity index (χ3n) is 2.90. The van der Waals surface area contributed by atoms with Crippen LogP contribution in [0.5, 0.6) is 0 Å². The Morgan fingerprint density at radius 1 is 1.69 bits per heavy atom. The molecule has 1 aromatic heterocycles. The van der Waals surface area contributed by atoms with E-state index in [1.165, 1.54) is 0 Å². The van der Waals surface area contributed by atoms with Crippen LogP contribution < -0.4 is 5.73 Å². The molecule has 1 atom stereocenters. The van der Waals surface area contributed by atoms with E-state index in [4.69, 9.17) is 10.5 Å². The summed E-state index contributed by atoms with van der Waals surface area (Å²) in [6.45, 7) is 3.89. The Morgan fingerprint density at radius 3 is 2.94 bits per heavy atom. The highest BCUT2D eigenvalue weighted by molar-refractivity contribution is 5.89. The van der Waals surface area contributed by atoms with Gasteiger partial charge < -0.3 is 15.0 Å². The largest absolute Gasteiger partial charge is 0.458 e. The number of nitrogens with zero attached hydrogens (tertiary/aromatic N) is 1. The molecule has 88 valence electrons. The van der Waals surface area contributed by atoms with Gasteiger partial charge in [-0.1, -0.05) is 6.92 Å². The van der Waals surface area contributed by atoms with Gasteiger partial charge in [0.05, 0.1) is 11.8 Å². The highest BCUT2D eigenvalue weighted by Gasteiger charge is 2.28. The zero-order valence-corrected chi connectivity index (χ0v) is 9.77. The van der Waals surface area contributed by atoms with Crippen molar-refractivity contribution in [3.63, 3.8) is 0 Å². The lowest BCUT2D eigenvalue weighted by atomic mass is 10.3. The van der Waals surface area contributed by atoms with Crippen molar-refractivity contribution in [2.24, 2.45) is 0 Å². The number of carbonyl (C=O) groups excluding carboxylic acids is 1. The van der Waals surface area contributed by atoms with E-state index >= 15 is 0 Å². The summed E-state index contributed by atoms with van der Waals surface area (Å²) in [6, 6.07) is 2.14. The van der Waals surface area contributed by atoms with Gasteiger partial charge in [-0.2, -0.15) is 0 Å². The first kappa shape index (κ1) is 11.0. The first-order valence-corrected chi connectivity index (χ1v) is 5.80. The highest BCUT2D eigenvalue weighted by Crippen LogP contribution is 2.37. The summed E-state index contributed by atoms with van der Waals surface area (Å²) in [6.07, 6.45) is 4.85. The number of esters is 1. The summed E-state index contributed by atoms with van der Waals surface area (Å²) in [5, 5.41) is 0. The monoisotopic (exact) mass is 222 g/mol. The predicted octanol–water partition coefficient (Wildman–Crippen LogP) is 2.36. The normalized spacial score (nSPS) is 17.1. The summed E-state index contributed by atoms with van der Waals surface area (Å²) in [5.74, 6) is -0.266. The quantitative estimate of drug-likeness (QED) is 0.795. The van der Waals surface area contributed by atoms with Crippen molar-refractivity contribution in [2.75, 3.05) is 5.73 Å². The maximum atomic E-state index is 11.9. The van der Waals surface area contributed by atoms with Gasteiger partial charge in [-0.15, -0.1) is 0 Å². The molecule has 0 spiro atoms. The van der Waals surface area contributed by atoms with Crippen molar-refractivity contribution in [1.82, 2.24) is 4.57 Å². The maximum absolute atomic E-state index is 11.9. The highest BCUT2D eigenvalue weighted by atomic mass is 16.5. The van der Waals surface area contributed by atoms with E-state index in [0.717, 1.165) is 19.3 Å². The molecule has 1 aliphatic rings. The van der Waals surface area contributed by atoms with E-state index in [9.17, 15) is 4.79 Å². The fourth-order valence-electron chi connectivity index (χ4n) is 1.65. The molecule has 0 radical (unpaired) electrons. The summed E-state index contributed by atoms with van der Waals surface area (Å²) >= 11 is 0. The van der Waals surface area contributed by atoms with Crippen LogP contribution >= 0.6 is 0 Å². The van der Waals surface area contributed by atoms with Gasteiger partial charge in [0.1, 0.15) is 5.69 Å². The second kappa shape index (κ2) is 4.20. The Balaban J connectivity index is 2.15. The molecule has 1 aromatic rings. The van der Waals surface area contributed by atoms with Crippen LogP contribution in [0.25, 0.3) is 0 Å². The number of hydrogen-bond acceptors (Lipinski definition) is 3. The number of nitrogens with two attached hydrogens (primary N) is 1. The van der Waals surface area contributed by atoms with Crippen LogP contribution in [0.4, 0.5) is 5.69 Å². The van der Waals surface area contributed by atoms with E-state index in [0.29, 0.717) is 17.4 Å². The summed E-state index contributed by atoms with van der Waals surface area (Å²) in [7, 11) is 0. The lowest BCUT2D eigenvalue weighted by Crippen LogP contribution is -2.17. The van der Waals surface area contributed by atoms with Crippen molar-refractivity contribution < 1.29 is 9.53 Å². The summed E-state index contributed by atoms with van der Waals surface area (Å²) < 4.78 is 7.25. The molecule has 0 saturated heterocycles. The van der Waals surface area contributed by atoms with Gasteiger partial charge >= 0.3 is 5.97 Å². The van der Waals surface area contributed by atoms with Crippen LogP contribution in [0, 0.1) is 0 Å². The third kappa shape index (κ3) is 2.21. The Hall–Kier alpha value is -1.45. The van der Waals surface area contributed by atoms with Crippen LogP contribution in [0.3, 0.4) is 0 Å². The standard InChI is InChI=1S/C12H18N2O2/c1-3-8(2)16-12(15)11-6-9(13)7-14(11)10-4-5-10/h6-8,10H,3-5,13H2,1-2H3. The molecule has 2 N–H and O–H groups in total. The Bertz CT molecular complexity index is 394. The van der Waals surface area contributed by atoms with Gasteiger partial charge in [0.25, 0.3) is 0 Å². The molecule has 1 aliphatic carbocycles. The summed E-state index contributed by atoms with van der Waals surface area (Å²) in [4.78, 5) is 11.9. The van der Waals surface area contributed by atoms with Gasteiger partial charge in [0, 0.05) is 12.2 Å². The second-order valence-electron chi connectivity index (χ2n) is 4.42. The SMILES string of the molecule is CCC(C)OC(=O)c1cc(N)cn1C1CC1. The Labute approximate surface area is 95.4 Å². The van der Waals surface area contributed by atoms with Gasteiger partial charge in [0.15, 0.2) is 0 Å². The molecule has 0 aliphatic heterocycles. The van der Waals surface area contributed by atoms with E-state index in [1.54, 1.807) is 6.07 Å². The minimum Gasteiger partial charge on any atom is -0.458 e. The van der Waals surface area contributed by atoms with Crippen molar-refractivity contribution in [2.45, 2.75) is 45.3 Å². The molecule has 0 aromatic carbocycles. The number of nitrogen functional groups attached to an aromatic ring is 1. The van der Waals surface area contributed by atoms with E-state index in [-0.39, 0.29) is 12.1 Å². The number of rotatable bonds is 4. The molecular weight excluding hydrogens is 204 g/mol. The minimum atomic E-state index is -0.266. The lowest BCUT2D eigenvalue weighted by Gasteiger charge is -2.12. The topological polar surface area (TPSA) is 57.2 Å². The average Bonchev–Trinajstić information content (AvgIpc) is 3.01. The molecule has 1 fully saturated rings. The molecule has 1 heterocycles. The van der Waals surface area contributed by atoms with Crippen LogP contribution in [0.2, 0.25) is 0 Å².